The highest BCUT2D eigenvalue weighted by Gasteiger charge is 2.22. The van der Waals surface area contributed by atoms with Crippen molar-refractivity contribution in [1.29, 1.82) is 0 Å². The van der Waals surface area contributed by atoms with Gasteiger partial charge in [-0.3, -0.25) is 4.79 Å². The molecule has 0 atom stereocenters. The lowest BCUT2D eigenvalue weighted by Gasteiger charge is -2.17. The Balaban J connectivity index is 2.19. The van der Waals surface area contributed by atoms with Crippen LogP contribution in [0, 0.1) is 0 Å². The first-order chi connectivity index (χ1) is 9.50. The third-order valence-electron chi connectivity index (χ3n) is 2.77. The van der Waals surface area contributed by atoms with Crippen LogP contribution in [0.2, 0.25) is 0 Å². The third kappa shape index (κ3) is 2.88. The fourth-order valence-corrected chi connectivity index (χ4v) is 2.16. The number of carbonyl (C=O) groups excluding carboxylic acids is 1. The number of nitrogens with one attached hydrogen (secondary N) is 1. The second kappa shape index (κ2) is 5.87. The molecule has 0 aliphatic heterocycles. The van der Waals surface area contributed by atoms with Gasteiger partial charge < -0.3 is 15.0 Å². The van der Waals surface area contributed by atoms with Gasteiger partial charge in [-0.05, 0) is 11.6 Å². The van der Waals surface area contributed by atoms with Crippen molar-refractivity contribution in [2.24, 2.45) is 0 Å². The number of halogens is 1. The normalized spacial score (nSPS) is 10.3. The number of imidazole rings is 1. The molecule has 0 saturated carbocycles. The molecule has 0 aliphatic carbocycles. The standard InChI is InChI=1S/C13H12BrN3O3/c1-17(6-8-4-2-3-5-9(8)14)12(18)10-11(13(19)20)16-7-15-10/h2-5,7H,6H2,1H3,(H,15,16)(H,19,20). The molecule has 0 aliphatic rings. The molecule has 2 aromatic rings. The van der Waals surface area contributed by atoms with Gasteiger partial charge in [-0.15, -0.1) is 0 Å². The first-order valence-electron chi connectivity index (χ1n) is 5.76. The van der Waals surface area contributed by atoms with E-state index in [9.17, 15) is 9.59 Å². The van der Waals surface area contributed by atoms with Crippen molar-refractivity contribution in [3.8, 4) is 0 Å². The molecule has 1 aromatic carbocycles. The van der Waals surface area contributed by atoms with E-state index in [2.05, 4.69) is 25.9 Å². The summed E-state index contributed by atoms with van der Waals surface area (Å²) in [6.07, 6.45) is 1.20. The SMILES string of the molecule is CN(Cc1ccccc1Br)C(=O)c1nc[nH]c1C(=O)O. The summed E-state index contributed by atoms with van der Waals surface area (Å²) in [5, 5.41) is 8.97. The van der Waals surface area contributed by atoms with Crippen LogP contribution < -0.4 is 0 Å². The van der Waals surface area contributed by atoms with Crippen LogP contribution in [-0.2, 0) is 6.54 Å². The number of H-pyrrole nitrogens is 1. The number of carboxylic acids is 1. The van der Waals surface area contributed by atoms with Crippen molar-refractivity contribution in [2.75, 3.05) is 7.05 Å². The lowest BCUT2D eigenvalue weighted by molar-refractivity contribution is 0.0674. The monoisotopic (exact) mass is 337 g/mol. The number of aromatic nitrogens is 2. The molecule has 1 amide bonds. The largest absolute Gasteiger partial charge is 0.477 e. The van der Waals surface area contributed by atoms with Gasteiger partial charge in [0.25, 0.3) is 5.91 Å². The van der Waals surface area contributed by atoms with E-state index < -0.39 is 11.9 Å². The fraction of sp³-hybridized carbons (Fsp3) is 0.154. The van der Waals surface area contributed by atoms with Gasteiger partial charge in [0.15, 0.2) is 11.4 Å². The van der Waals surface area contributed by atoms with Gasteiger partial charge >= 0.3 is 5.97 Å². The summed E-state index contributed by atoms with van der Waals surface area (Å²) in [5.41, 5.74) is 0.636. The molecule has 1 heterocycles. The van der Waals surface area contributed by atoms with E-state index in [1.54, 1.807) is 7.05 Å². The Morgan fingerprint density at radius 3 is 2.75 bits per heavy atom. The van der Waals surface area contributed by atoms with E-state index >= 15 is 0 Å². The van der Waals surface area contributed by atoms with E-state index in [1.807, 2.05) is 24.3 Å². The van der Waals surface area contributed by atoms with Gasteiger partial charge in [0.05, 0.1) is 6.33 Å². The number of hydrogen-bond acceptors (Lipinski definition) is 3. The molecule has 0 spiro atoms. The zero-order valence-electron chi connectivity index (χ0n) is 10.6. The molecule has 0 unspecified atom stereocenters. The van der Waals surface area contributed by atoms with Crippen molar-refractivity contribution in [3.05, 3.63) is 52.0 Å². The molecule has 0 saturated heterocycles. The minimum absolute atomic E-state index is 0.0907. The molecule has 1 aromatic heterocycles. The number of carbonyl (C=O) groups is 2. The van der Waals surface area contributed by atoms with E-state index in [1.165, 1.54) is 11.2 Å². The summed E-state index contributed by atoms with van der Waals surface area (Å²) >= 11 is 3.41. The lowest BCUT2D eigenvalue weighted by Crippen LogP contribution is -2.28. The van der Waals surface area contributed by atoms with Crippen molar-refractivity contribution in [1.82, 2.24) is 14.9 Å². The number of aromatic carboxylic acids is 1. The van der Waals surface area contributed by atoms with E-state index in [0.29, 0.717) is 6.54 Å². The molecular weight excluding hydrogens is 326 g/mol. The maximum atomic E-state index is 12.2. The van der Waals surface area contributed by atoms with Crippen LogP contribution in [0.4, 0.5) is 0 Å². The molecule has 2 N–H and O–H groups in total. The van der Waals surface area contributed by atoms with Crippen molar-refractivity contribution in [3.63, 3.8) is 0 Å². The minimum atomic E-state index is -1.21. The number of hydrogen-bond donors (Lipinski definition) is 2. The molecule has 6 nitrogen and oxygen atoms in total. The average molecular weight is 338 g/mol. The number of nitrogens with zero attached hydrogens (tertiary/aromatic N) is 2. The van der Waals surface area contributed by atoms with Gasteiger partial charge in [0.2, 0.25) is 0 Å². The number of carboxylic acid groups (broad SMARTS) is 1. The highest BCUT2D eigenvalue weighted by molar-refractivity contribution is 9.10. The smallest absolute Gasteiger partial charge is 0.354 e. The summed E-state index contributed by atoms with van der Waals surface area (Å²) < 4.78 is 0.889. The summed E-state index contributed by atoms with van der Waals surface area (Å²) in [6, 6.07) is 7.52. The topological polar surface area (TPSA) is 86.3 Å². The molecule has 0 radical (unpaired) electrons. The summed E-state index contributed by atoms with van der Waals surface area (Å²) in [7, 11) is 1.60. The van der Waals surface area contributed by atoms with Crippen molar-refractivity contribution >= 4 is 27.8 Å². The Labute approximate surface area is 123 Å². The molecule has 7 heteroatoms. The van der Waals surface area contributed by atoms with Crippen LogP contribution >= 0.6 is 15.9 Å². The molecular formula is C13H12BrN3O3. The fourth-order valence-electron chi connectivity index (χ4n) is 1.75. The predicted molar refractivity (Wildman–Crippen MR) is 75.5 cm³/mol. The predicted octanol–water partition coefficient (Wildman–Crippen LogP) is 2.14. The Morgan fingerprint density at radius 2 is 2.10 bits per heavy atom. The van der Waals surface area contributed by atoms with Crippen LogP contribution in [0.3, 0.4) is 0 Å². The molecule has 0 bridgehead atoms. The molecule has 2 rings (SSSR count). The maximum Gasteiger partial charge on any atom is 0.354 e. The molecule has 104 valence electrons. The Hall–Kier alpha value is -2.15. The van der Waals surface area contributed by atoms with E-state index in [0.717, 1.165) is 10.0 Å². The average Bonchev–Trinajstić information content (AvgIpc) is 2.89. The van der Waals surface area contributed by atoms with Crippen LogP contribution in [0.15, 0.2) is 35.1 Å². The zero-order chi connectivity index (χ0) is 14.7. The van der Waals surface area contributed by atoms with Crippen molar-refractivity contribution in [2.45, 2.75) is 6.54 Å². The summed E-state index contributed by atoms with van der Waals surface area (Å²) in [5.74, 6) is -1.65. The highest BCUT2D eigenvalue weighted by atomic mass is 79.9. The second-order valence-corrected chi connectivity index (χ2v) is 5.04. The Kier molecular flexibility index (Phi) is 4.19. The van der Waals surface area contributed by atoms with Gasteiger partial charge in [0.1, 0.15) is 0 Å². The molecule has 20 heavy (non-hydrogen) atoms. The van der Waals surface area contributed by atoms with Crippen LogP contribution in [-0.4, -0.2) is 38.9 Å². The lowest BCUT2D eigenvalue weighted by atomic mass is 10.2. The summed E-state index contributed by atoms with van der Waals surface area (Å²) in [6.45, 7) is 0.353. The third-order valence-corrected chi connectivity index (χ3v) is 3.54. The second-order valence-electron chi connectivity index (χ2n) is 4.18. The summed E-state index contributed by atoms with van der Waals surface area (Å²) in [4.78, 5) is 30.8. The quantitative estimate of drug-likeness (QED) is 0.894. The minimum Gasteiger partial charge on any atom is -0.477 e. The van der Waals surface area contributed by atoms with Gasteiger partial charge in [-0.25, -0.2) is 9.78 Å². The van der Waals surface area contributed by atoms with Crippen molar-refractivity contribution < 1.29 is 14.7 Å². The Bertz CT molecular complexity index is 654. The first-order valence-corrected chi connectivity index (χ1v) is 6.55. The maximum absolute atomic E-state index is 12.2. The van der Waals surface area contributed by atoms with E-state index in [-0.39, 0.29) is 11.4 Å². The zero-order valence-corrected chi connectivity index (χ0v) is 12.2. The first kappa shape index (κ1) is 14.3. The number of amides is 1. The van der Waals surface area contributed by atoms with Crippen LogP contribution in [0.5, 0.6) is 0 Å². The van der Waals surface area contributed by atoms with Gasteiger partial charge in [-0.1, -0.05) is 34.1 Å². The Morgan fingerprint density at radius 1 is 1.40 bits per heavy atom. The molecule has 0 fully saturated rings. The van der Waals surface area contributed by atoms with Crippen LogP contribution in [0.25, 0.3) is 0 Å². The van der Waals surface area contributed by atoms with Gasteiger partial charge in [0, 0.05) is 18.1 Å². The van der Waals surface area contributed by atoms with E-state index in [4.69, 9.17) is 5.11 Å². The van der Waals surface area contributed by atoms with Gasteiger partial charge in [-0.2, -0.15) is 0 Å². The number of aromatic amines is 1. The number of rotatable bonds is 4. The van der Waals surface area contributed by atoms with Crippen LogP contribution in [0.1, 0.15) is 26.5 Å². The highest BCUT2D eigenvalue weighted by Crippen LogP contribution is 2.18. The number of benzene rings is 1.